The minimum atomic E-state index is 0.234. The van der Waals surface area contributed by atoms with Gasteiger partial charge < -0.3 is 5.11 Å². The number of hydrogen-bond donors (Lipinski definition) is 1. The van der Waals surface area contributed by atoms with Crippen LogP contribution in [0.5, 0.6) is 5.75 Å². The van der Waals surface area contributed by atoms with Crippen molar-refractivity contribution in [3.05, 3.63) is 58.1 Å². The lowest BCUT2D eigenvalue weighted by atomic mass is 9.97. The van der Waals surface area contributed by atoms with Gasteiger partial charge in [0, 0.05) is 16.3 Å². The zero-order valence-corrected chi connectivity index (χ0v) is 13.3. The number of hydrogen-bond acceptors (Lipinski definition) is 2. The summed E-state index contributed by atoms with van der Waals surface area (Å²) in [4.78, 5) is 4.54. The Morgan fingerprint density at radius 1 is 1.25 bits per heavy atom. The molecule has 2 nitrogen and oxygen atoms in total. The largest absolute Gasteiger partial charge is 0.507 e. The van der Waals surface area contributed by atoms with Gasteiger partial charge in [0.2, 0.25) is 0 Å². The van der Waals surface area contributed by atoms with Crippen molar-refractivity contribution in [2.24, 2.45) is 4.99 Å². The van der Waals surface area contributed by atoms with Crippen molar-refractivity contribution in [2.75, 3.05) is 0 Å². The molecule has 0 heterocycles. The zero-order valence-electron chi connectivity index (χ0n) is 11.7. The highest BCUT2D eigenvalue weighted by Gasteiger charge is 2.07. The second kappa shape index (κ2) is 6.71. The topological polar surface area (TPSA) is 32.6 Å². The van der Waals surface area contributed by atoms with Gasteiger partial charge in [0.25, 0.3) is 0 Å². The summed E-state index contributed by atoms with van der Waals surface area (Å²) in [7, 11) is 0. The van der Waals surface area contributed by atoms with Gasteiger partial charge >= 0.3 is 0 Å². The van der Waals surface area contributed by atoms with E-state index in [2.05, 4.69) is 40.8 Å². The Bertz CT molecular complexity index is 622. The fourth-order valence-electron chi connectivity index (χ4n) is 2.01. The molecule has 0 aromatic heterocycles. The number of rotatable bonds is 4. The Balaban J connectivity index is 2.34. The van der Waals surface area contributed by atoms with E-state index in [-0.39, 0.29) is 5.75 Å². The molecule has 104 valence electrons. The lowest BCUT2D eigenvalue weighted by Crippen LogP contribution is -1.92. The maximum Gasteiger partial charge on any atom is 0.124 e. The predicted molar refractivity (Wildman–Crippen MR) is 88.2 cm³/mol. The number of phenols is 1. The van der Waals surface area contributed by atoms with Crippen molar-refractivity contribution in [1.29, 1.82) is 0 Å². The Kier molecular flexibility index (Phi) is 4.96. The molecule has 20 heavy (non-hydrogen) atoms. The number of aromatic hydroxyl groups is 1. The van der Waals surface area contributed by atoms with Crippen LogP contribution in [0.4, 0.5) is 5.69 Å². The minimum Gasteiger partial charge on any atom is -0.507 e. The third-order valence-corrected chi connectivity index (χ3v) is 3.91. The maximum absolute atomic E-state index is 9.83. The normalized spacial score (nSPS) is 12.8. The third kappa shape index (κ3) is 3.48. The molecule has 0 unspecified atom stereocenters. The average Bonchev–Trinajstić information content (AvgIpc) is 2.47. The zero-order chi connectivity index (χ0) is 14.5. The summed E-state index contributed by atoms with van der Waals surface area (Å²) in [6.45, 7) is 4.37. The number of nitrogens with zero attached hydrogens (tertiary/aromatic N) is 1. The predicted octanol–water partition coefficient (Wildman–Crippen LogP) is 5.42. The van der Waals surface area contributed by atoms with Gasteiger partial charge in [-0.1, -0.05) is 48.0 Å². The number of halogens is 1. The molecule has 0 spiro atoms. The molecule has 1 atom stereocenters. The van der Waals surface area contributed by atoms with Gasteiger partial charge in [-0.3, -0.25) is 4.99 Å². The molecule has 0 bridgehead atoms. The smallest absolute Gasteiger partial charge is 0.124 e. The lowest BCUT2D eigenvalue weighted by Gasteiger charge is -2.11. The van der Waals surface area contributed by atoms with Crippen molar-refractivity contribution in [3.8, 4) is 5.75 Å². The molecule has 0 saturated carbocycles. The highest BCUT2D eigenvalue weighted by molar-refractivity contribution is 9.10. The van der Waals surface area contributed by atoms with Crippen molar-refractivity contribution >= 4 is 27.8 Å². The number of benzene rings is 2. The van der Waals surface area contributed by atoms with Gasteiger partial charge in [-0.05, 0) is 42.2 Å². The van der Waals surface area contributed by atoms with Crippen molar-refractivity contribution in [3.63, 3.8) is 0 Å². The molecule has 0 saturated heterocycles. The van der Waals surface area contributed by atoms with Crippen LogP contribution in [0, 0.1) is 0 Å². The van der Waals surface area contributed by atoms with E-state index in [1.54, 1.807) is 18.3 Å². The summed E-state index contributed by atoms with van der Waals surface area (Å²) in [5.41, 5.74) is 2.90. The van der Waals surface area contributed by atoms with Gasteiger partial charge in [-0.25, -0.2) is 0 Å². The third-order valence-electron chi connectivity index (χ3n) is 3.41. The van der Waals surface area contributed by atoms with Gasteiger partial charge in [-0.15, -0.1) is 0 Å². The van der Waals surface area contributed by atoms with Crippen LogP contribution < -0.4 is 0 Å². The van der Waals surface area contributed by atoms with Gasteiger partial charge in [0.05, 0.1) is 5.69 Å². The van der Waals surface area contributed by atoms with Crippen LogP contribution in [0.1, 0.15) is 37.3 Å². The monoisotopic (exact) mass is 331 g/mol. The summed E-state index contributed by atoms with van der Waals surface area (Å²) in [6, 6.07) is 13.5. The minimum absolute atomic E-state index is 0.234. The lowest BCUT2D eigenvalue weighted by molar-refractivity contribution is 0.474. The van der Waals surface area contributed by atoms with Crippen LogP contribution in [0.2, 0.25) is 0 Å². The quantitative estimate of drug-likeness (QED) is 0.745. The van der Waals surface area contributed by atoms with E-state index >= 15 is 0 Å². The fraction of sp³-hybridized carbons (Fsp3) is 0.235. The van der Waals surface area contributed by atoms with Crippen LogP contribution in [0.15, 0.2) is 51.9 Å². The van der Waals surface area contributed by atoms with E-state index in [9.17, 15) is 5.11 Å². The molecular weight excluding hydrogens is 314 g/mol. The molecule has 0 amide bonds. The highest BCUT2D eigenvalue weighted by Crippen LogP contribution is 2.29. The standard InChI is InChI=1S/C17H18BrNO/c1-3-12(2)15-6-4-5-7-16(15)19-11-13-10-14(18)8-9-17(13)20/h4-12,20H,3H2,1-2H3/t12-/m0/s1. The molecule has 0 radical (unpaired) electrons. The molecule has 0 aliphatic heterocycles. The van der Waals surface area contributed by atoms with Gasteiger partial charge in [-0.2, -0.15) is 0 Å². The Hall–Kier alpha value is -1.61. The SMILES string of the molecule is CC[C@H](C)c1ccccc1N=Cc1cc(Br)ccc1O. The fourth-order valence-corrected chi connectivity index (χ4v) is 2.39. The van der Waals surface area contributed by atoms with Crippen molar-refractivity contribution in [2.45, 2.75) is 26.2 Å². The second-order valence-corrected chi connectivity index (χ2v) is 5.75. The summed E-state index contributed by atoms with van der Waals surface area (Å²) in [6.07, 6.45) is 2.79. The Morgan fingerprint density at radius 2 is 2.00 bits per heavy atom. The summed E-state index contributed by atoms with van der Waals surface area (Å²) in [5.74, 6) is 0.706. The molecule has 0 aliphatic carbocycles. The molecule has 0 fully saturated rings. The van der Waals surface area contributed by atoms with Crippen LogP contribution in [0.25, 0.3) is 0 Å². The molecule has 1 N–H and O–H groups in total. The van der Waals surface area contributed by atoms with Gasteiger partial charge in [0.1, 0.15) is 5.75 Å². The molecular formula is C17H18BrNO. The molecule has 0 aliphatic rings. The first-order valence-electron chi connectivity index (χ1n) is 6.73. The second-order valence-electron chi connectivity index (χ2n) is 4.83. The molecule has 3 heteroatoms. The van der Waals surface area contributed by atoms with Crippen LogP contribution >= 0.6 is 15.9 Å². The van der Waals surface area contributed by atoms with Crippen LogP contribution in [-0.2, 0) is 0 Å². The van der Waals surface area contributed by atoms with Crippen molar-refractivity contribution < 1.29 is 5.11 Å². The first kappa shape index (κ1) is 14.8. The van der Waals surface area contributed by atoms with Crippen LogP contribution in [-0.4, -0.2) is 11.3 Å². The Labute approximate surface area is 128 Å². The first-order chi connectivity index (χ1) is 9.61. The average molecular weight is 332 g/mol. The molecule has 2 rings (SSSR count). The van der Waals surface area contributed by atoms with E-state index in [1.165, 1.54) is 5.56 Å². The van der Waals surface area contributed by atoms with E-state index in [4.69, 9.17) is 0 Å². The highest BCUT2D eigenvalue weighted by atomic mass is 79.9. The number of phenolic OH excluding ortho intramolecular Hbond substituents is 1. The number of para-hydroxylation sites is 1. The van der Waals surface area contributed by atoms with E-state index in [0.29, 0.717) is 11.5 Å². The van der Waals surface area contributed by atoms with Crippen molar-refractivity contribution in [1.82, 2.24) is 0 Å². The molecule has 2 aromatic carbocycles. The maximum atomic E-state index is 9.83. The Morgan fingerprint density at radius 3 is 2.75 bits per heavy atom. The molecule has 2 aromatic rings. The van der Waals surface area contributed by atoms with Gasteiger partial charge in [0.15, 0.2) is 0 Å². The van der Waals surface area contributed by atoms with Crippen LogP contribution in [0.3, 0.4) is 0 Å². The van der Waals surface area contributed by atoms with E-state index in [1.807, 2.05) is 24.3 Å². The number of aliphatic imine (C=N–C) groups is 1. The first-order valence-corrected chi connectivity index (χ1v) is 7.52. The summed E-state index contributed by atoms with van der Waals surface area (Å²) >= 11 is 3.40. The summed E-state index contributed by atoms with van der Waals surface area (Å²) in [5, 5.41) is 9.83. The summed E-state index contributed by atoms with van der Waals surface area (Å²) < 4.78 is 0.923. The van der Waals surface area contributed by atoms with E-state index < -0.39 is 0 Å². The van der Waals surface area contributed by atoms with E-state index in [0.717, 1.165) is 16.6 Å².